The Hall–Kier alpha value is -1.32. The van der Waals surface area contributed by atoms with E-state index in [1.807, 2.05) is 0 Å². The van der Waals surface area contributed by atoms with Crippen LogP contribution in [0, 0.1) is 0 Å². The zero-order valence-corrected chi connectivity index (χ0v) is 6.08. The third-order valence-electron chi connectivity index (χ3n) is 1.87. The van der Waals surface area contributed by atoms with E-state index in [2.05, 4.69) is 10.2 Å². The number of rotatable bonds is 1. The summed E-state index contributed by atoms with van der Waals surface area (Å²) < 4.78 is 0. The summed E-state index contributed by atoms with van der Waals surface area (Å²) in [5, 5.41) is 6.47. The lowest BCUT2D eigenvalue weighted by Gasteiger charge is -2.11. The van der Waals surface area contributed by atoms with Crippen LogP contribution >= 0.6 is 0 Å². The van der Waals surface area contributed by atoms with Gasteiger partial charge in [-0.15, -0.1) is 0 Å². The molecule has 58 valence electrons. The maximum Gasteiger partial charge on any atom is 0.227 e. The van der Waals surface area contributed by atoms with Crippen molar-refractivity contribution in [3.05, 3.63) is 12.4 Å². The highest BCUT2D eigenvalue weighted by Crippen LogP contribution is 2.18. The maximum absolute atomic E-state index is 11.2. The van der Waals surface area contributed by atoms with Crippen LogP contribution in [0.25, 0.3) is 0 Å². The summed E-state index contributed by atoms with van der Waals surface area (Å²) in [4.78, 5) is 12.9. The largest absolute Gasteiger partial charge is 0.309 e. The van der Waals surface area contributed by atoms with Gasteiger partial charge in [0.2, 0.25) is 5.91 Å². The Labute approximate surface area is 64.2 Å². The van der Waals surface area contributed by atoms with Crippen molar-refractivity contribution in [2.45, 2.75) is 12.8 Å². The molecule has 11 heavy (non-hydrogen) atoms. The van der Waals surface area contributed by atoms with Gasteiger partial charge in [-0.05, 0) is 6.42 Å². The second-order valence-corrected chi connectivity index (χ2v) is 2.61. The second-order valence-electron chi connectivity index (χ2n) is 2.61. The van der Waals surface area contributed by atoms with Crippen molar-refractivity contribution in [2.24, 2.45) is 0 Å². The zero-order chi connectivity index (χ0) is 7.68. The van der Waals surface area contributed by atoms with E-state index in [4.69, 9.17) is 0 Å². The van der Waals surface area contributed by atoms with E-state index in [-0.39, 0.29) is 5.91 Å². The molecule has 1 aromatic heterocycles. The van der Waals surface area contributed by atoms with Crippen molar-refractivity contribution in [2.75, 3.05) is 11.4 Å². The van der Waals surface area contributed by atoms with Crippen molar-refractivity contribution in [1.82, 2.24) is 10.2 Å². The molecule has 4 nitrogen and oxygen atoms in total. The van der Waals surface area contributed by atoms with E-state index < -0.39 is 0 Å². The lowest BCUT2D eigenvalue weighted by Crippen LogP contribution is -2.22. The minimum Gasteiger partial charge on any atom is -0.309 e. The van der Waals surface area contributed by atoms with Gasteiger partial charge in [0, 0.05) is 19.2 Å². The van der Waals surface area contributed by atoms with Gasteiger partial charge in [0.15, 0.2) is 0 Å². The first-order valence-electron chi connectivity index (χ1n) is 3.67. The smallest absolute Gasteiger partial charge is 0.227 e. The number of aromatic amines is 1. The Bertz CT molecular complexity index is 255. The highest BCUT2D eigenvalue weighted by Gasteiger charge is 2.21. The fourth-order valence-electron chi connectivity index (χ4n) is 1.31. The SMILES string of the molecule is O=C1CCCN1c1cn[nH]c1. The van der Waals surface area contributed by atoms with Crippen LogP contribution in [0.2, 0.25) is 0 Å². The molecular formula is C7H9N3O. The molecule has 4 heteroatoms. The molecule has 2 rings (SSSR count). The molecule has 0 saturated carbocycles. The molecule has 1 aliphatic heterocycles. The van der Waals surface area contributed by atoms with E-state index in [0.29, 0.717) is 6.42 Å². The fourth-order valence-corrected chi connectivity index (χ4v) is 1.31. The predicted molar refractivity (Wildman–Crippen MR) is 40.2 cm³/mol. The highest BCUT2D eigenvalue weighted by molar-refractivity contribution is 5.94. The van der Waals surface area contributed by atoms with Crippen molar-refractivity contribution in [3.8, 4) is 0 Å². The van der Waals surface area contributed by atoms with Crippen molar-refractivity contribution in [3.63, 3.8) is 0 Å². The van der Waals surface area contributed by atoms with E-state index in [0.717, 1.165) is 18.7 Å². The molecule has 0 bridgehead atoms. The Morgan fingerprint density at radius 2 is 2.55 bits per heavy atom. The van der Waals surface area contributed by atoms with Crippen molar-refractivity contribution >= 4 is 11.6 Å². The molecule has 0 atom stereocenters. The Morgan fingerprint density at radius 1 is 1.64 bits per heavy atom. The molecule has 1 N–H and O–H groups in total. The zero-order valence-electron chi connectivity index (χ0n) is 6.08. The highest BCUT2D eigenvalue weighted by atomic mass is 16.2. The number of nitrogens with one attached hydrogen (secondary N) is 1. The summed E-state index contributed by atoms with van der Waals surface area (Å²) in [6, 6.07) is 0. The van der Waals surface area contributed by atoms with Gasteiger partial charge in [0.1, 0.15) is 0 Å². The molecule has 0 aromatic carbocycles. The van der Waals surface area contributed by atoms with E-state index in [1.54, 1.807) is 17.3 Å². The summed E-state index contributed by atoms with van der Waals surface area (Å²) in [5.74, 6) is 0.200. The summed E-state index contributed by atoms with van der Waals surface area (Å²) in [5.41, 5.74) is 0.882. The van der Waals surface area contributed by atoms with E-state index >= 15 is 0 Å². The molecule has 0 aliphatic carbocycles. The quantitative estimate of drug-likeness (QED) is 0.636. The Kier molecular flexibility index (Phi) is 1.38. The first-order valence-corrected chi connectivity index (χ1v) is 3.67. The van der Waals surface area contributed by atoms with Crippen molar-refractivity contribution < 1.29 is 4.79 Å². The van der Waals surface area contributed by atoms with Gasteiger partial charge in [-0.1, -0.05) is 0 Å². The predicted octanol–water partition coefficient (Wildman–Crippen LogP) is 0.536. The lowest BCUT2D eigenvalue weighted by atomic mass is 10.4. The summed E-state index contributed by atoms with van der Waals surface area (Å²) in [7, 11) is 0. The van der Waals surface area contributed by atoms with Gasteiger partial charge in [-0.2, -0.15) is 5.10 Å². The van der Waals surface area contributed by atoms with Crippen LogP contribution < -0.4 is 4.90 Å². The third kappa shape index (κ3) is 1.00. The van der Waals surface area contributed by atoms with Crippen LogP contribution in [0.5, 0.6) is 0 Å². The number of hydrogen-bond acceptors (Lipinski definition) is 2. The molecule has 2 heterocycles. The molecule has 1 aromatic rings. The van der Waals surface area contributed by atoms with Crippen LogP contribution in [0.3, 0.4) is 0 Å². The summed E-state index contributed by atoms with van der Waals surface area (Å²) in [6.07, 6.45) is 5.04. The number of nitrogens with zero attached hydrogens (tertiary/aromatic N) is 2. The fraction of sp³-hybridized carbons (Fsp3) is 0.429. The van der Waals surface area contributed by atoms with Gasteiger partial charge in [-0.25, -0.2) is 0 Å². The topological polar surface area (TPSA) is 49.0 Å². The van der Waals surface area contributed by atoms with Crippen molar-refractivity contribution in [1.29, 1.82) is 0 Å². The molecule has 1 fully saturated rings. The second kappa shape index (κ2) is 2.38. The van der Waals surface area contributed by atoms with E-state index in [1.165, 1.54) is 0 Å². The summed E-state index contributed by atoms with van der Waals surface area (Å²) >= 11 is 0. The normalized spacial score (nSPS) is 17.8. The molecule has 1 amide bonds. The minimum absolute atomic E-state index is 0.200. The third-order valence-corrected chi connectivity index (χ3v) is 1.87. The van der Waals surface area contributed by atoms with Gasteiger partial charge in [0.25, 0.3) is 0 Å². The Balaban J connectivity index is 2.23. The maximum atomic E-state index is 11.2. The average Bonchev–Trinajstić information content (AvgIpc) is 2.55. The first kappa shape index (κ1) is 6.39. The molecular weight excluding hydrogens is 142 g/mol. The monoisotopic (exact) mass is 151 g/mol. The number of H-pyrrole nitrogens is 1. The number of anilines is 1. The standard InChI is InChI=1S/C7H9N3O/c11-7-2-1-3-10(7)6-4-8-9-5-6/h4-5H,1-3H2,(H,8,9). The molecule has 0 unspecified atom stereocenters. The van der Waals surface area contributed by atoms with Gasteiger partial charge >= 0.3 is 0 Å². The van der Waals surface area contributed by atoms with Crippen LogP contribution in [0.1, 0.15) is 12.8 Å². The number of carbonyl (C=O) groups is 1. The lowest BCUT2D eigenvalue weighted by molar-refractivity contribution is -0.117. The van der Waals surface area contributed by atoms with Crippen LogP contribution in [-0.4, -0.2) is 22.6 Å². The number of amides is 1. The number of carbonyl (C=O) groups excluding carboxylic acids is 1. The van der Waals surface area contributed by atoms with Crippen LogP contribution in [0.15, 0.2) is 12.4 Å². The average molecular weight is 151 g/mol. The minimum atomic E-state index is 0.200. The first-order chi connectivity index (χ1) is 5.38. The number of hydrogen-bond donors (Lipinski definition) is 1. The Morgan fingerprint density at radius 3 is 3.09 bits per heavy atom. The summed E-state index contributed by atoms with van der Waals surface area (Å²) in [6.45, 7) is 0.832. The molecule has 0 spiro atoms. The van der Waals surface area contributed by atoms with Gasteiger partial charge in [0.05, 0.1) is 11.9 Å². The van der Waals surface area contributed by atoms with Crippen LogP contribution in [0.4, 0.5) is 5.69 Å². The van der Waals surface area contributed by atoms with E-state index in [9.17, 15) is 4.79 Å². The molecule has 1 saturated heterocycles. The number of aromatic nitrogens is 2. The molecule has 1 aliphatic rings. The van der Waals surface area contributed by atoms with Gasteiger partial charge in [-0.3, -0.25) is 9.89 Å². The molecule has 0 radical (unpaired) electrons. The van der Waals surface area contributed by atoms with Crippen LogP contribution in [-0.2, 0) is 4.79 Å². The van der Waals surface area contributed by atoms with Gasteiger partial charge < -0.3 is 4.90 Å².